The predicted molar refractivity (Wildman–Crippen MR) is 168 cm³/mol. The normalized spacial score (nSPS) is 15.1. The Balaban J connectivity index is 1.80. The summed E-state index contributed by atoms with van der Waals surface area (Å²) < 4.78 is 15.3. The van der Waals surface area contributed by atoms with Crippen molar-refractivity contribution in [3.8, 4) is 5.75 Å². The average Bonchev–Trinajstić information content (AvgIpc) is 3.56. The minimum atomic E-state index is -0.670. The summed E-state index contributed by atoms with van der Waals surface area (Å²) in [7, 11) is 0. The lowest BCUT2D eigenvalue weighted by Gasteiger charge is -2.24. The Morgan fingerprint density at radius 3 is 2.72 bits per heavy atom. The second-order valence-electron chi connectivity index (χ2n) is 8.35. The Labute approximate surface area is 254 Å². The summed E-state index contributed by atoms with van der Waals surface area (Å²) >= 11 is 8.53. The van der Waals surface area contributed by atoms with Crippen LogP contribution in [0.3, 0.4) is 0 Å². The zero-order chi connectivity index (χ0) is 27.5. The van der Waals surface area contributed by atoms with Gasteiger partial charge in [0.2, 0.25) is 0 Å². The zero-order valence-corrected chi connectivity index (χ0v) is 26.1. The fraction of sp³-hybridized carbons (Fsp3) is 0.138. The van der Waals surface area contributed by atoms with Crippen molar-refractivity contribution in [2.45, 2.75) is 13.0 Å². The Bertz CT molecular complexity index is 1760. The van der Waals surface area contributed by atoms with Crippen LogP contribution in [0, 0.1) is 3.57 Å². The number of carbonyl (C=O) groups is 1. The standard InChI is InChI=1S/C29H22BrIN2O4S2/c1-3-12-37-26-18(14-19(30)16-20(26)31)15-22-27(34)33-25(21-11-8-13-38-21)23(28(35)36-4-2)24(32-29(33)39-22)17-9-6-5-7-10-17/h3,5-11,13-16,25H,1,4,12H2,2H3/b22-15-/t25-/m1/s1. The molecule has 3 heterocycles. The highest BCUT2D eigenvalue weighted by Gasteiger charge is 2.35. The van der Waals surface area contributed by atoms with E-state index in [4.69, 9.17) is 14.5 Å². The molecule has 1 aliphatic rings. The molecular weight excluding hydrogens is 711 g/mol. The monoisotopic (exact) mass is 732 g/mol. The van der Waals surface area contributed by atoms with Crippen LogP contribution < -0.4 is 19.6 Å². The Kier molecular flexibility index (Phi) is 8.65. The maximum absolute atomic E-state index is 14.0. The van der Waals surface area contributed by atoms with Gasteiger partial charge in [-0.25, -0.2) is 9.79 Å². The van der Waals surface area contributed by atoms with E-state index in [1.807, 2.05) is 66.1 Å². The maximum atomic E-state index is 14.0. The summed E-state index contributed by atoms with van der Waals surface area (Å²) in [5.74, 6) is 0.172. The van der Waals surface area contributed by atoms with Gasteiger partial charge >= 0.3 is 5.97 Å². The molecule has 0 saturated carbocycles. The molecule has 0 bridgehead atoms. The summed E-state index contributed by atoms with van der Waals surface area (Å²) in [5.41, 5.74) is 2.14. The number of benzene rings is 2. The van der Waals surface area contributed by atoms with Crippen molar-refractivity contribution in [2.24, 2.45) is 4.99 Å². The first-order chi connectivity index (χ1) is 18.9. The van der Waals surface area contributed by atoms with Crippen molar-refractivity contribution in [1.29, 1.82) is 0 Å². The third-order valence-electron chi connectivity index (χ3n) is 5.86. The lowest BCUT2D eigenvalue weighted by Crippen LogP contribution is -2.39. The summed E-state index contributed by atoms with van der Waals surface area (Å²) in [5, 5.41) is 1.93. The maximum Gasteiger partial charge on any atom is 0.338 e. The van der Waals surface area contributed by atoms with E-state index in [9.17, 15) is 9.59 Å². The third-order valence-corrected chi connectivity index (χ3v) is 9.02. The van der Waals surface area contributed by atoms with Crippen LogP contribution in [-0.4, -0.2) is 23.8 Å². The van der Waals surface area contributed by atoms with Crippen molar-refractivity contribution in [3.05, 3.63) is 122 Å². The van der Waals surface area contributed by atoms with Gasteiger partial charge in [-0.1, -0.05) is 76.3 Å². The molecule has 2 aromatic carbocycles. The molecule has 0 fully saturated rings. The highest BCUT2D eigenvalue weighted by Crippen LogP contribution is 2.37. The first-order valence-corrected chi connectivity index (χ1v) is 15.5. The van der Waals surface area contributed by atoms with Gasteiger partial charge in [0.1, 0.15) is 18.4 Å². The molecule has 39 heavy (non-hydrogen) atoms. The summed E-state index contributed by atoms with van der Waals surface area (Å²) in [6.45, 7) is 6.05. The van der Waals surface area contributed by atoms with Crippen LogP contribution in [-0.2, 0) is 9.53 Å². The fourth-order valence-electron chi connectivity index (χ4n) is 4.28. The molecule has 0 N–H and O–H groups in total. The molecule has 0 unspecified atom stereocenters. The van der Waals surface area contributed by atoms with Gasteiger partial charge in [-0.2, -0.15) is 0 Å². The van der Waals surface area contributed by atoms with Crippen molar-refractivity contribution >= 4 is 78.9 Å². The Morgan fingerprint density at radius 1 is 1.23 bits per heavy atom. The second-order valence-corrected chi connectivity index (χ2v) is 12.4. The zero-order valence-electron chi connectivity index (χ0n) is 20.7. The van der Waals surface area contributed by atoms with E-state index >= 15 is 0 Å². The number of fused-ring (bicyclic) bond motifs is 1. The van der Waals surface area contributed by atoms with Gasteiger partial charge < -0.3 is 9.47 Å². The summed E-state index contributed by atoms with van der Waals surface area (Å²) in [6, 6.07) is 16.6. The number of thiophene rings is 1. The lowest BCUT2D eigenvalue weighted by molar-refractivity contribution is -0.138. The highest BCUT2D eigenvalue weighted by atomic mass is 127. The first-order valence-electron chi connectivity index (χ1n) is 12.0. The molecule has 6 nitrogen and oxygen atoms in total. The number of nitrogens with zero attached hydrogens (tertiary/aromatic N) is 2. The van der Waals surface area contributed by atoms with Crippen LogP contribution in [0.25, 0.3) is 11.8 Å². The highest BCUT2D eigenvalue weighted by molar-refractivity contribution is 14.1. The van der Waals surface area contributed by atoms with Gasteiger partial charge in [-0.15, -0.1) is 11.3 Å². The quantitative estimate of drug-likeness (QED) is 0.128. The molecule has 5 rings (SSSR count). The van der Waals surface area contributed by atoms with Gasteiger partial charge in [0, 0.05) is 20.5 Å². The molecular formula is C29H22BrIN2O4S2. The molecule has 1 atom stereocenters. The number of hydrogen-bond donors (Lipinski definition) is 0. The van der Waals surface area contributed by atoms with E-state index in [0.717, 1.165) is 24.0 Å². The molecule has 4 aromatic rings. The van der Waals surface area contributed by atoms with Gasteiger partial charge in [0.25, 0.3) is 5.56 Å². The Hall–Kier alpha value is -2.80. The van der Waals surface area contributed by atoms with Crippen LogP contribution in [0.5, 0.6) is 5.75 Å². The number of halogens is 2. The van der Waals surface area contributed by atoms with Gasteiger partial charge in [-0.3, -0.25) is 9.36 Å². The van der Waals surface area contributed by atoms with E-state index < -0.39 is 12.0 Å². The number of hydrogen-bond acceptors (Lipinski definition) is 7. The number of esters is 1. The van der Waals surface area contributed by atoms with Crippen molar-refractivity contribution < 1.29 is 14.3 Å². The van der Waals surface area contributed by atoms with Crippen molar-refractivity contribution in [3.63, 3.8) is 0 Å². The van der Waals surface area contributed by atoms with Crippen LogP contribution in [0.15, 0.2) is 92.5 Å². The van der Waals surface area contributed by atoms with E-state index in [0.29, 0.717) is 33.0 Å². The largest absolute Gasteiger partial charge is 0.488 e. The van der Waals surface area contributed by atoms with E-state index in [1.54, 1.807) is 17.6 Å². The van der Waals surface area contributed by atoms with E-state index in [1.165, 1.54) is 22.7 Å². The molecule has 0 aliphatic carbocycles. The lowest BCUT2D eigenvalue weighted by atomic mass is 9.97. The molecule has 0 saturated heterocycles. The molecule has 0 amide bonds. The SMILES string of the molecule is C=CCOc1c(I)cc(Br)cc1/C=c1\sc2n(c1=O)[C@H](c1cccs1)C(C(=O)OCC)=C(c1ccccc1)N=2. The van der Waals surface area contributed by atoms with Crippen LogP contribution in [0.1, 0.15) is 29.0 Å². The molecule has 0 spiro atoms. The predicted octanol–water partition coefficient (Wildman–Crippen LogP) is 5.93. The first kappa shape index (κ1) is 27.8. The third kappa shape index (κ3) is 5.60. The van der Waals surface area contributed by atoms with E-state index in [-0.39, 0.29) is 12.2 Å². The molecule has 1 aliphatic heterocycles. The number of carbonyl (C=O) groups excluding carboxylic acids is 1. The molecule has 198 valence electrons. The number of aromatic nitrogens is 1. The van der Waals surface area contributed by atoms with Crippen LogP contribution in [0.4, 0.5) is 0 Å². The minimum absolute atomic E-state index is 0.209. The summed E-state index contributed by atoms with van der Waals surface area (Å²) in [6.07, 6.45) is 3.50. The van der Waals surface area contributed by atoms with Crippen molar-refractivity contribution in [2.75, 3.05) is 13.2 Å². The number of rotatable bonds is 8. The summed E-state index contributed by atoms with van der Waals surface area (Å²) in [4.78, 5) is 33.7. The second kappa shape index (κ2) is 12.2. The molecule has 10 heteroatoms. The molecule has 0 radical (unpaired) electrons. The fourth-order valence-corrected chi connectivity index (χ4v) is 7.80. The Morgan fingerprint density at radius 2 is 2.03 bits per heavy atom. The number of thiazole rings is 1. The minimum Gasteiger partial charge on any atom is -0.488 e. The van der Waals surface area contributed by atoms with Gasteiger partial charge in [0.15, 0.2) is 4.80 Å². The smallest absolute Gasteiger partial charge is 0.338 e. The average molecular weight is 733 g/mol. The molecule has 2 aromatic heterocycles. The van der Waals surface area contributed by atoms with Crippen LogP contribution in [0.2, 0.25) is 0 Å². The van der Waals surface area contributed by atoms with E-state index in [2.05, 4.69) is 45.1 Å². The number of ether oxygens (including phenoxy) is 2. The van der Waals surface area contributed by atoms with Crippen molar-refractivity contribution in [1.82, 2.24) is 4.57 Å². The van der Waals surface area contributed by atoms with Gasteiger partial charge in [0.05, 0.1) is 26.0 Å². The topological polar surface area (TPSA) is 69.9 Å². The van der Waals surface area contributed by atoms with Gasteiger partial charge in [-0.05, 0) is 59.2 Å². The van der Waals surface area contributed by atoms with Crippen LogP contribution >= 0.6 is 61.2 Å².